The van der Waals surface area contributed by atoms with Crippen LogP contribution in [0.1, 0.15) is 11.3 Å². The first-order chi connectivity index (χ1) is 14.7. The Labute approximate surface area is 185 Å². The van der Waals surface area contributed by atoms with Crippen LogP contribution >= 0.6 is 15.9 Å². The van der Waals surface area contributed by atoms with E-state index in [2.05, 4.69) is 26.4 Å². The van der Waals surface area contributed by atoms with Crippen molar-refractivity contribution in [2.24, 2.45) is 0 Å². The van der Waals surface area contributed by atoms with Gasteiger partial charge in [0.25, 0.3) is 0 Å². The minimum absolute atomic E-state index is 0.0489. The summed E-state index contributed by atoms with van der Waals surface area (Å²) in [5, 5.41) is 6.57. The number of rotatable bonds is 6. The van der Waals surface area contributed by atoms with Crippen LogP contribution in [0.25, 0.3) is 10.9 Å². The lowest BCUT2D eigenvalue weighted by molar-refractivity contribution is -0.113. The monoisotopic (exact) mass is 505 g/mol. The van der Waals surface area contributed by atoms with Crippen molar-refractivity contribution in [3.63, 3.8) is 0 Å². The third-order valence-corrected chi connectivity index (χ3v) is 7.04. The lowest BCUT2D eigenvalue weighted by Crippen LogP contribution is -2.23. The highest BCUT2D eigenvalue weighted by atomic mass is 79.9. The maximum Gasteiger partial charge on any atom is 0.241 e. The summed E-state index contributed by atoms with van der Waals surface area (Å²) < 4.78 is 46.7. The normalized spacial score (nSPS) is 11.7. The highest BCUT2D eigenvalue weighted by Crippen LogP contribution is 2.28. The number of hydrogen-bond donors (Lipinski definition) is 1. The molecule has 2 heterocycles. The molecular formula is C21H17BrFN3O4S. The summed E-state index contributed by atoms with van der Waals surface area (Å²) in [4.78, 5) is 12.3. The number of nitrogens with one attached hydrogen (secondary N) is 1. The van der Waals surface area contributed by atoms with Gasteiger partial charge in [-0.05, 0) is 30.7 Å². The van der Waals surface area contributed by atoms with Crippen molar-refractivity contribution in [3.8, 4) is 0 Å². The molecule has 4 rings (SSSR count). The Balaban J connectivity index is 1.66. The largest absolute Gasteiger partial charge is 0.360 e. The predicted octanol–water partition coefficient (Wildman–Crippen LogP) is 4.30. The molecule has 7 nitrogen and oxygen atoms in total. The number of carbonyl (C=O) groups excluding carboxylic acids is 1. The highest BCUT2D eigenvalue weighted by Gasteiger charge is 2.25. The number of amides is 1. The maximum absolute atomic E-state index is 13.4. The van der Waals surface area contributed by atoms with E-state index in [1.54, 1.807) is 41.8 Å². The van der Waals surface area contributed by atoms with Crippen LogP contribution in [-0.2, 0) is 21.2 Å². The van der Waals surface area contributed by atoms with Crippen molar-refractivity contribution in [2.75, 3.05) is 11.1 Å². The van der Waals surface area contributed by atoms with Crippen LogP contribution in [0.15, 0.2) is 68.6 Å². The van der Waals surface area contributed by atoms with Crippen LogP contribution in [0.3, 0.4) is 0 Å². The van der Waals surface area contributed by atoms with Gasteiger partial charge in [0.2, 0.25) is 5.91 Å². The van der Waals surface area contributed by atoms with Gasteiger partial charge in [0.15, 0.2) is 15.7 Å². The van der Waals surface area contributed by atoms with Gasteiger partial charge < -0.3 is 14.4 Å². The van der Waals surface area contributed by atoms with Crippen LogP contribution in [0.2, 0.25) is 0 Å². The number of nitrogens with zero attached hydrogens (tertiary/aromatic N) is 2. The fourth-order valence-corrected chi connectivity index (χ4v) is 5.12. The molecule has 1 N–H and O–H groups in total. The average molecular weight is 506 g/mol. The van der Waals surface area contributed by atoms with Crippen LogP contribution in [-0.4, -0.2) is 29.8 Å². The number of aromatic nitrogens is 2. The molecule has 160 valence electrons. The number of sulfone groups is 1. The topological polar surface area (TPSA) is 94.2 Å². The SMILES string of the molecule is Cc1cc(NC(=O)CS(=O)(=O)c2cn(Cc3ccc(F)cc3Br)c3ccccc23)no1. The molecule has 2 aromatic carbocycles. The van der Waals surface area contributed by atoms with E-state index < -0.39 is 21.5 Å². The lowest BCUT2D eigenvalue weighted by Gasteiger charge is -2.08. The zero-order chi connectivity index (χ0) is 22.2. The fraction of sp³-hybridized carbons (Fsp3) is 0.143. The summed E-state index contributed by atoms with van der Waals surface area (Å²) in [6.45, 7) is 1.98. The Hall–Kier alpha value is -2.98. The number of carbonyl (C=O) groups is 1. The first-order valence-corrected chi connectivity index (χ1v) is 11.7. The zero-order valence-corrected chi connectivity index (χ0v) is 18.7. The van der Waals surface area contributed by atoms with E-state index >= 15 is 0 Å². The molecule has 0 unspecified atom stereocenters. The minimum Gasteiger partial charge on any atom is -0.360 e. The summed E-state index contributed by atoms with van der Waals surface area (Å²) in [5.41, 5.74) is 1.47. The molecule has 0 saturated heterocycles. The molecule has 2 aromatic heterocycles. The lowest BCUT2D eigenvalue weighted by atomic mass is 10.2. The second-order valence-electron chi connectivity index (χ2n) is 7.00. The Morgan fingerprint density at radius 1 is 1.23 bits per heavy atom. The smallest absolute Gasteiger partial charge is 0.241 e. The number of halogens is 2. The van der Waals surface area contributed by atoms with Crippen molar-refractivity contribution >= 4 is 48.4 Å². The van der Waals surface area contributed by atoms with Gasteiger partial charge in [-0.3, -0.25) is 4.79 Å². The molecule has 1 amide bonds. The van der Waals surface area contributed by atoms with E-state index in [9.17, 15) is 17.6 Å². The number of benzene rings is 2. The van der Waals surface area contributed by atoms with Gasteiger partial charge in [0.1, 0.15) is 17.3 Å². The van der Waals surface area contributed by atoms with Gasteiger partial charge in [0, 0.05) is 34.2 Å². The van der Waals surface area contributed by atoms with Gasteiger partial charge in [-0.2, -0.15) is 0 Å². The predicted molar refractivity (Wildman–Crippen MR) is 117 cm³/mol. The van der Waals surface area contributed by atoms with Crippen LogP contribution in [0.5, 0.6) is 0 Å². The number of aryl methyl sites for hydroxylation is 1. The summed E-state index contributed by atoms with van der Waals surface area (Å²) >= 11 is 3.34. The van der Waals surface area contributed by atoms with Crippen molar-refractivity contribution in [3.05, 3.63) is 76.3 Å². The molecule has 4 aromatic rings. The summed E-state index contributed by atoms with van der Waals surface area (Å²) in [6, 6.07) is 12.9. The number of anilines is 1. The number of fused-ring (bicyclic) bond motifs is 1. The summed E-state index contributed by atoms with van der Waals surface area (Å²) in [5.74, 6) is -1.18. The van der Waals surface area contributed by atoms with Crippen molar-refractivity contribution in [2.45, 2.75) is 18.4 Å². The Morgan fingerprint density at radius 3 is 2.71 bits per heavy atom. The van der Waals surface area contributed by atoms with Crippen LogP contribution in [0, 0.1) is 12.7 Å². The van der Waals surface area contributed by atoms with Crippen molar-refractivity contribution in [1.29, 1.82) is 0 Å². The van der Waals surface area contributed by atoms with Crippen LogP contribution in [0.4, 0.5) is 10.2 Å². The summed E-state index contributed by atoms with van der Waals surface area (Å²) in [7, 11) is -3.95. The van der Waals surface area contributed by atoms with E-state index in [-0.39, 0.29) is 16.5 Å². The fourth-order valence-electron chi connectivity index (χ4n) is 3.28. The summed E-state index contributed by atoms with van der Waals surface area (Å²) in [6.07, 6.45) is 1.50. The molecule has 0 saturated carbocycles. The van der Waals surface area contributed by atoms with Gasteiger partial charge in [-0.25, -0.2) is 12.8 Å². The minimum atomic E-state index is -3.95. The second kappa shape index (κ2) is 8.27. The third kappa shape index (κ3) is 4.54. The molecule has 0 atom stereocenters. The van der Waals surface area contributed by atoms with Crippen molar-refractivity contribution < 1.29 is 22.1 Å². The Kier molecular flexibility index (Phi) is 5.67. The van der Waals surface area contributed by atoms with Gasteiger partial charge in [-0.15, -0.1) is 0 Å². The van der Waals surface area contributed by atoms with Gasteiger partial charge in [-0.1, -0.05) is 45.4 Å². The standard InChI is InChI=1S/C21H17BrFN3O4S/c1-13-8-20(25-30-13)24-21(27)12-31(28,29)19-11-26(18-5-3-2-4-16(18)19)10-14-6-7-15(23)9-17(14)22/h2-9,11H,10,12H2,1H3,(H,24,25,27). The second-order valence-corrected chi connectivity index (χ2v) is 9.82. The molecule has 0 aliphatic heterocycles. The molecule has 0 aliphatic carbocycles. The van der Waals surface area contributed by atoms with E-state index in [0.717, 1.165) is 5.56 Å². The van der Waals surface area contributed by atoms with E-state index in [1.165, 1.54) is 24.4 Å². The first-order valence-electron chi connectivity index (χ1n) is 9.21. The van der Waals surface area contributed by atoms with E-state index in [0.29, 0.717) is 27.7 Å². The molecule has 0 aliphatic rings. The van der Waals surface area contributed by atoms with E-state index in [4.69, 9.17) is 4.52 Å². The van der Waals surface area contributed by atoms with Gasteiger partial charge in [0.05, 0.1) is 4.90 Å². The molecule has 0 radical (unpaired) electrons. The first kappa shape index (κ1) is 21.3. The molecule has 31 heavy (non-hydrogen) atoms. The maximum atomic E-state index is 13.4. The molecule has 0 bridgehead atoms. The Morgan fingerprint density at radius 2 is 2.00 bits per heavy atom. The molecular weight excluding hydrogens is 489 g/mol. The van der Waals surface area contributed by atoms with Crippen molar-refractivity contribution in [1.82, 2.24) is 9.72 Å². The van der Waals surface area contributed by atoms with Gasteiger partial charge >= 0.3 is 0 Å². The quantitative estimate of drug-likeness (QED) is 0.421. The third-order valence-electron chi connectivity index (χ3n) is 4.66. The zero-order valence-electron chi connectivity index (χ0n) is 16.3. The number of para-hydroxylation sites is 1. The highest BCUT2D eigenvalue weighted by molar-refractivity contribution is 9.10. The number of hydrogen-bond acceptors (Lipinski definition) is 5. The molecule has 0 fully saturated rings. The Bertz CT molecular complexity index is 1390. The van der Waals surface area contributed by atoms with Crippen LogP contribution < -0.4 is 5.32 Å². The molecule has 0 spiro atoms. The molecule has 10 heteroatoms. The van der Waals surface area contributed by atoms with E-state index in [1.807, 2.05) is 0 Å². The average Bonchev–Trinajstić information content (AvgIpc) is 3.27.